The molecule has 0 saturated heterocycles. The van der Waals surface area contributed by atoms with Gasteiger partial charge in [-0.05, 0) is 6.07 Å². The Kier molecular flexibility index (Phi) is 2.68. The quantitative estimate of drug-likeness (QED) is 0.553. The third-order valence-electron chi connectivity index (χ3n) is 2.71. The minimum Gasteiger partial charge on any atom is -0.305 e. The van der Waals surface area contributed by atoms with E-state index in [1.54, 1.807) is 0 Å². The number of nitro groups is 1. The SMILES string of the molecule is O=c1[nH]c(-c2cnccn2)nc2ccc([N+](=O)[O-])cc12. The van der Waals surface area contributed by atoms with E-state index in [4.69, 9.17) is 0 Å². The summed E-state index contributed by atoms with van der Waals surface area (Å²) in [6.07, 6.45) is 4.46. The molecule has 1 N–H and O–H groups in total. The van der Waals surface area contributed by atoms with Crippen LogP contribution in [0.1, 0.15) is 0 Å². The number of hydrogen-bond acceptors (Lipinski definition) is 6. The zero-order chi connectivity index (χ0) is 14.1. The zero-order valence-electron chi connectivity index (χ0n) is 9.98. The van der Waals surface area contributed by atoms with E-state index in [1.165, 1.54) is 36.8 Å². The monoisotopic (exact) mass is 269 g/mol. The van der Waals surface area contributed by atoms with E-state index in [-0.39, 0.29) is 16.9 Å². The Morgan fingerprint density at radius 3 is 2.80 bits per heavy atom. The molecule has 0 bridgehead atoms. The van der Waals surface area contributed by atoms with Crippen LogP contribution in [-0.4, -0.2) is 24.9 Å². The van der Waals surface area contributed by atoms with Crippen LogP contribution in [0.25, 0.3) is 22.4 Å². The predicted molar refractivity (Wildman–Crippen MR) is 70.0 cm³/mol. The van der Waals surface area contributed by atoms with Gasteiger partial charge >= 0.3 is 0 Å². The van der Waals surface area contributed by atoms with Crippen LogP contribution >= 0.6 is 0 Å². The fraction of sp³-hybridized carbons (Fsp3) is 0. The lowest BCUT2D eigenvalue weighted by Crippen LogP contribution is -2.10. The van der Waals surface area contributed by atoms with Crippen molar-refractivity contribution in [1.29, 1.82) is 0 Å². The second-order valence-corrected chi connectivity index (χ2v) is 3.96. The molecule has 0 radical (unpaired) electrons. The van der Waals surface area contributed by atoms with Crippen molar-refractivity contribution in [1.82, 2.24) is 19.9 Å². The number of non-ortho nitro benzene ring substituents is 1. The van der Waals surface area contributed by atoms with Crippen molar-refractivity contribution in [3.05, 3.63) is 57.3 Å². The number of aromatic nitrogens is 4. The molecule has 2 heterocycles. The summed E-state index contributed by atoms with van der Waals surface area (Å²) in [6, 6.07) is 3.93. The lowest BCUT2D eigenvalue weighted by Gasteiger charge is -2.01. The van der Waals surface area contributed by atoms with Crippen LogP contribution in [0, 0.1) is 10.1 Å². The number of nitrogens with zero attached hydrogens (tertiary/aromatic N) is 4. The van der Waals surface area contributed by atoms with Crippen LogP contribution < -0.4 is 5.56 Å². The maximum Gasteiger partial charge on any atom is 0.270 e. The average Bonchev–Trinajstić information content (AvgIpc) is 2.47. The fourth-order valence-electron chi connectivity index (χ4n) is 1.78. The normalized spacial score (nSPS) is 10.6. The molecule has 0 fully saturated rings. The number of rotatable bonds is 2. The molecule has 0 aliphatic carbocycles. The average molecular weight is 269 g/mol. The molecule has 8 nitrogen and oxygen atoms in total. The van der Waals surface area contributed by atoms with Crippen LogP contribution in [0.3, 0.4) is 0 Å². The molecule has 8 heteroatoms. The summed E-state index contributed by atoms with van der Waals surface area (Å²) in [5.74, 6) is 0.268. The lowest BCUT2D eigenvalue weighted by molar-refractivity contribution is -0.384. The van der Waals surface area contributed by atoms with Crippen molar-refractivity contribution in [2.24, 2.45) is 0 Å². The highest BCUT2D eigenvalue weighted by Gasteiger charge is 2.11. The summed E-state index contributed by atoms with van der Waals surface area (Å²) in [5, 5.41) is 10.9. The highest BCUT2D eigenvalue weighted by Crippen LogP contribution is 2.18. The van der Waals surface area contributed by atoms with Crippen LogP contribution in [0.4, 0.5) is 5.69 Å². The van der Waals surface area contributed by atoms with Gasteiger partial charge < -0.3 is 4.98 Å². The van der Waals surface area contributed by atoms with Crippen molar-refractivity contribution in [3.63, 3.8) is 0 Å². The van der Waals surface area contributed by atoms with Gasteiger partial charge in [0.15, 0.2) is 5.82 Å². The molecule has 0 spiro atoms. The third kappa shape index (κ3) is 1.99. The molecule has 20 heavy (non-hydrogen) atoms. The van der Waals surface area contributed by atoms with Gasteiger partial charge in [0.2, 0.25) is 0 Å². The van der Waals surface area contributed by atoms with Crippen LogP contribution in [0.15, 0.2) is 41.6 Å². The largest absolute Gasteiger partial charge is 0.305 e. The molecule has 3 rings (SSSR count). The minimum absolute atomic E-state index is 0.156. The van der Waals surface area contributed by atoms with E-state index in [0.29, 0.717) is 11.2 Å². The molecular weight excluding hydrogens is 262 g/mol. The summed E-state index contributed by atoms with van der Waals surface area (Å²) >= 11 is 0. The summed E-state index contributed by atoms with van der Waals surface area (Å²) in [6.45, 7) is 0. The summed E-state index contributed by atoms with van der Waals surface area (Å²) in [5.41, 5.74) is 0.168. The van der Waals surface area contributed by atoms with Gasteiger partial charge in [-0.1, -0.05) is 0 Å². The third-order valence-corrected chi connectivity index (χ3v) is 2.71. The van der Waals surface area contributed by atoms with Gasteiger partial charge in [0.1, 0.15) is 5.69 Å². The number of nitro benzene ring substituents is 1. The Labute approximate surface area is 111 Å². The van der Waals surface area contributed by atoms with Crippen molar-refractivity contribution < 1.29 is 4.92 Å². The summed E-state index contributed by atoms with van der Waals surface area (Å²) < 4.78 is 0. The number of hydrogen-bond donors (Lipinski definition) is 1. The molecule has 0 amide bonds. The molecule has 1 aromatic carbocycles. The second-order valence-electron chi connectivity index (χ2n) is 3.96. The van der Waals surface area contributed by atoms with E-state index in [1.807, 2.05) is 0 Å². The van der Waals surface area contributed by atoms with Gasteiger partial charge in [-0.2, -0.15) is 0 Å². The molecule has 3 aromatic rings. The van der Waals surface area contributed by atoms with E-state index < -0.39 is 10.5 Å². The van der Waals surface area contributed by atoms with Gasteiger partial charge in [-0.15, -0.1) is 0 Å². The van der Waals surface area contributed by atoms with E-state index in [2.05, 4.69) is 19.9 Å². The first-order valence-electron chi connectivity index (χ1n) is 5.60. The molecule has 0 saturated carbocycles. The topological polar surface area (TPSA) is 115 Å². The Morgan fingerprint density at radius 1 is 1.25 bits per heavy atom. The molecule has 98 valence electrons. The Hall–Kier alpha value is -3.16. The molecule has 2 aromatic heterocycles. The summed E-state index contributed by atoms with van der Waals surface area (Å²) in [4.78, 5) is 36.8. The first kappa shape index (κ1) is 11.9. The van der Waals surface area contributed by atoms with Crippen LogP contribution in [0.2, 0.25) is 0 Å². The Morgan fingerprint density at radius 2 is 2.10 bits per heavy atom. The first-order chi connectivity index (χ1) is 9.65. The highest BCUT2D eigenvalue weighted by atomic mass is 16.6. The lowest BCUT2D eigenvalue weighted by atomic mass is 10.2. The number of H-pyrrole nitrogens is 1. The minimum atomic E-state index is -0.560. The predicted octanol–water partition coefficient (Wildman–Crippen LogP) is 1.29. The zero-order valence-corrected chi connectivity index (χ0v) is 9.98. The number of nitrogens with one attached hydrogen (secondary N) is 1. The second kappa shape index (κ2) is 4.50. The van der Waals surface area contributed by atoms with Gasteiger partial charge in [0, 0.05) is 24.5 Å². The molecule has 0 unspecified atom stereocenters. The maximum atomic E-state index is 12.0. The fourth-order valence-corrected chi connectivity index (χ4v) is 1.78. The van der Waals surface area contributed by atoms with Crippen molar-refractivity contribution in [3.8, 4) is 11.5 Å². The number of aromatic amines is 1. The molecular formula is C12H7N5O3. The van der Waals surface area contributed by atoms with Gasteiger partial charge in [0.25, 0.3) is 11.2 Å². The Balaban J connectivity index is 2.24. The first-order valence-corrected chi connectivity index (χ1v) is 5.60. The van der Waals surface area contributed by atoms with Gasteiger partial charge in [0.05, 0.1) is 22.0 Å². The van der Waals surface area contributed by atoms with Crippen LogP contribution in [-0.2, 0) is 0 Å². The van der Waals surface area contributed by atoms with Gasteiger partial charge in [-0.25, -0.2) is 9.97 Å². The smallest absolute Gasteiger partial charge is 0.270 e. The van der Waals surface area contributed by atoms with Crippen LogP contribution in [0.5, 0.6) is 0 Å². The van der Waals surface area contributed by atoms with Crippen molar-refractivity contribution in [2.45, 2.75) is 0 Å². The summed E-state index contributed by atoms with van der Waals surface area (Å²) in [7, 11) is 0. The molecule has 0 aliphatic rings. The van der Waals surface area contributed by atoms with Gasteiger partial charge in [-0.3, -0.25) is 19.9 Å². The molecule has 0 aliphatic heterocycles. The van der Waals surface area contributed by atoms with E-state index >= 15 is 0 Å². The van der Waals surface area contributed by atoms with E-state index in [0.717, 1.165) is 0 Å². The highest BCUT2D eigenvalue weighted by molar-refractivity contribution is 5.81. The standard InChI is InChI=1S/C12H7N5O3/c18-12-8-5-7(17(19)20)1-2-9(8)15-11(16-12)10-6-13-3-4-14-10/h1-6H,(H,15,16,18). The van der Waals surface area contributed by atoms with Crippen molar-refractivity contribution in [2.75, 3.05) is 0 Å². The number of benzene rings is 1. The molecule has 0 atom stereocenters. The van der Waals surface area contributed by atoms with Crippen molar-refractivity contribution >= 4 is 16.6 Å². The van der Waals surface area contributed by atoms with E-state index in [9.17, 15) is 14.9 Å². The number of fused-ring (bicyclic) bond motifs is 1. The Bertz CT molecular complexity index is 860. The maximum absolute atomic E-state index is 12.0.